The van der Waals surface area contributed by atoms with E-state index >= 15 is 0 Å². The molecule has 0 aliphatic carbocycles. The number of fused-ring (bicyclic) bond motifs is 1. The number of nitrogens with zero attached hydrogens (tertiary/aromatic N) is 2. The molecule has 2 aromatic heterocycles. The number of primary sulfonamides is 1. The highest BCUT2D eigenvalue weighted by molar-refractivity contribution is 7.89. The number of carbonyl (C=O) groups excluding carboxylic acids is 1. The average molecular weight is 477 g/mol. The van der Waals surface area contributed by atoms with Crippen LogP contribution in [-0.2, 0) is 23.0 Å². The van der Waals surface area contributed by atoms with Crippen molar-refractivity contribution < 1.29 is 13.2 Å². The van der Waals surface area contributed by atoms with Gasteiger partial charge < -0.3 is 5.32 Å². The Morgan fingerprint density at radius 2 is 1.71 bits per heavy atom. The fourth-order valence-corrected chi connectivity index (χ4v) is 4.17. The zero-order valence-corrected chi connectivity index (χ0v) is 19.4. The maximum atomic E-state index is 13.3. The number of aryl methyl sites for hydroxylation is 1. The van der Waals surface area contributed by atoms with Crippen LogP contribution in [-0.4, -0.2) is 30.4 Å². The van der Waals surface area contributed by atoms with Gasteiger partial charge in [-0.2, -0.15) is 0 Å². The van der Waals surface area contributed by atoms with E-state index in [4.69, 9.17) is 5.14 Å². The topological polar surface area (TPSA) is 124 Å². The Morgan fingerprint density at radius 3 is 2.38 bits per heavy atom. The molecule has 0 bridgehead atoms. The smallest absolute Gasteiger partial charge is 0.265 e. The molecule has 34 heavy (non-hydrogen) atoms. The number of pyridine rings is 2. The number of hydrogen-bond donors (Lipinski definition) is 2. The van der Waals surface area contributed by atoms with Gasteiger partial charge in [-0.1, -0.05) is 42.0 Å². The molecule has 0 aliphatic rings. The SMILES string of the molecule is Cc1ccc(Cn2c(=O)c(C(=O)NCCc3ccc(S(N)(=O)=O)cc3)cc3cccnc32)cc1. The Bertz CT molecular complexity index is 1510. The Labute approximate surface area is 197 Å². The second kappa shape index (κ2) is 9.58. The normalized spacial score (nSPS) is 11.5. The fourth-order valence-electron chi connectivity index (χ4n) is 3.65. The van der Waals surface area contributed by atoms with Gasteiger partial charge in [-0.05, 0) is 54.8 Å². The van der Waals surface area contributed by atoms with Gasteiger partial charge in [0.05, 0.1) is 11.4 Å². The summed E-state index contributed by atoms with van der Waals surface area (Å²) in [6.45, 7) is 2.56. The van der Waals surface area contributed by atoms with E-state index in [1.807, 2.05) is 37.3 Å². The molecule has 0 saturated heterocycles. The van der Waals surface area contributed by atoms with Crippen molar-refractivity contribution in [1.82, 2.24) is 14.9 Å². The third-order valence-electron chi connectivity index (χ3n) is 5.50. The number of aromatic nitrogens is 2. The van der Waals surface area contributed by atoms with Crippen molar-refractivity contribution >= 4 is 27.0 Å². The van der Waals surface area contributed by atoms with Crippen molar-refractivity contribution in [2.24, 2.45) is 5.14 Å². The number of nitrogens with two attached hydrogens (primary N) is 1. The zero-order valence-electron chi connectivity index (χ0n) is 18.6. The molecule has 0 fully saturated rings. The summed E-state index contributed by atoms with van der Waals surface area (Å²) in [6, 6.07) is 19.1. The van der Waals surface area contributed by atoms with Gasteiger partial charge in [0.2, 0.25) is 10.0 Å². The van der Waals surface area contributed by atoms with E-state index < -0.39 is 21.5 Å². The predicted molar refractivity (Wildman–Crippen MR) is 130 cm³/mol. The first-order valence-corrected chi connectivity index (χ1v) is 12.2. The van der Waals surface area contributed by atoms with Crippen molar-refractivity contribution in [3.8, 4) is 0 Å². The van der Waals surface area contributed by atoms with Gasteiger partial charge >= 0.3 is 0 Å². The summed E-state index contributed by atoms with van der Waals surface area (Å²) < 4.78 is 24.3. The number of rotatable bonds is 7. The number of benzene rings is 2. The third kappa shape index (κ3) is 5.22. The van der Waals surface area contributed by atoms with Crippen LogP contribution in [0.3, 0.4) is 0 Å². The molecule has 0 atom stereocenters. The van der Waals surface area contributed by atoms with Gasteiger partial charge in [0, 0.05) is 18.1 Å². The van der Waals surface area contributed by atoms with E-state index in [-0.39, 0.29) is 17.0 Å². The largest absolute Gasteiger partial charge is 0.352 e. The molecule has 0 unspecified atom stereocenters. The van der Waals surface area contributed by atoms with E-state index in [2.05, 4.69) is 10.3 Å². The van der Waals surface area contributed by atoms with Gasteiger partial charge in [-0.3, -0.25) is 14.2 Å². The number of hydrogen-bond acceptors (Lipinski definition) is 5. The average Bonchev–Trinajstić information content (AvgIpc) is 2.81. The van der Waals surface area contributed by atoms with E-state index in [1.165, 1.54) is 16.7 Å². The molecular formula is C25H24N4O4S. The van der Waals surface area contributed by atoms with E-state index in [9.17, 15) is 18.0 Å². The molecule has 4 rings (SSSR count). The van der Waals surface area contributed by atoms with Gasteiger partial charge in [-0.15, -0.1) is 0 Å². The molecule has 8 nitrogen and oxygen atoms in total. The molecular weight excluding hydrogens is 452 g/mol. The van der Waals surface area contributed by atoms with E-state index in [0.717, 1.165) is 16.7 Å². The first-order valence-electron chi connectivity index (χ1n) is 10.7. The lowest BCUT2D eigenvalue weighted by Gasteiger charge is -2.13. The number of amides is 1. The van der Waals surface area contributed by atoms with Crippen molar-refractivity contribution in [2.75, 3.05) is 6.54 Å². The lowest BCUT2D eigenvalue weighted by atomic mass is 10.1. The summed E-state index contributed by atoms with van der Waals surface area (Å²) in [5, 5.41) is 8.58. The quantitative estimate of drug-likeness (QED) is 0.424. The van der Waals surface area contributed by atoms with Crippen LogP contribution in [0.15, 0.2) is 82.6 Å². The zero-order chi connectivity index (χ0) is 24.3. The Morgan fingerprint density at radius 1 is 1.03 bits per heavy atom. The van der Waals surface area contributed by atoms with Crippen LogP contribution in [0.4, 0.5) is 0 Å². The minimum absolute atomic E-state index is 0.0270. The highest BCUT2D eigenvalue weighted by Crippen LogP contribution is 2.14. The molecule has 1 amide bonds. The van der Waals surface area contributed by atoms with Crippen molar-refractivity contribution in [1.29, 1.82) is 0 Å². The number of nitrogens with one attached hydrogen (secondary N) is 1. The van der Waals surface area contributed by atoms with Crippen molar-refractivity contribution in [2.45, 2.75) is 24.8 Å². The highest BCUT2D eigenvalue weighted by atomic mass is 32.2. The molecule has 174 valence electrons. The Balaban J connectivity index is 1.55. The molecule has 2 heterocycles. The van der Waals surface area contributed by atoms with Crippen LogP contribution in [0.1, 0.15) is 27.0 Å². The fraction of sp³-hybridized carbons (Fsp3) is 0.160. The van der Waals surface area contributed by atoms with Gasteiger partial charge in [0.1, 0.15) is 11.2 Å². The second-order valence-corrected chi connectivity index (χ2v) is 9.61. The summed E-state index contributed by atoms with van der Waals surface area (Å²) in [5.74, 6) is -0.477. The highest BCUT2D eigenvalue weighted by Gasteiger charge is 2.16. The molecule has 0 spiro atoms. The maximum absolute atomic E-state index is 13.3. The summed E-state index contributed by atoms with van der Waals surface area (Å²) in [5.41, 5.74) is 3.01. The molecule has 2 aromatic carbocycles. The van der Waals surface area contributed by atoms with Gasteiger partial charge in [0.25, 0.3) is 11.5 Å². The molecule has 3 N–H and O–H groups in total. The molecule has 4 aromatic rings. The van der Waals surface area contributed by atoms with Crippen LogP contribution >= 0.6 is 0 Å². The van der Waals surface area contributed by atoms with E-state index in [0.29, 0.717) is 24.0 Å². The summed E-state index contributed by atoms with van der Waals surface area (Å²) in [4.78, 5) is 30.5. The number of carbonyl (C=O) groups is 1. The first-order chi connectivity index (χ1) is 16.2. The molecule has 9 heteroatoms. The third-order valence-corrected chi connectivity index (χ3v) is 6.43. The monoisotopic (exact) mass is 476 g/mol. The Hall–Kier alpha value is -3.82. The van der Waals surface area contributed by atoms with Gasteiger partial charge in [0.15, 0.2) is 0 Å². The number of sulfonamides is 1. The minimum Gasteiger partial charge on any atom is -0.352 e. The first kappa shape index (κ1) is 23.3. The standard InChI is InChI=1S/C25H24N4O4S/c1-17-4-6-19(7-5-17)16-29-23-20(3-2-13-27-23)15-22(25(29)31)24(30)28-14-12-18-8-10-21(11-9-18)34(26,32)33/h2-11,13,15H,12,14,16H2,1H3,(H,28,30)(H2,26,32,33). The van der Waals surface area contributed by atoms with Crippen LogP contribution in [0.25, 0.3) is 11.0 Å². The summed E-state index contributed by atoms with van der Waals surface area (Å²) in [7, 11) is -3.75. The predicted octanol–water partition coefficient (Wildman–Crippen LogP) is 2.37. The summed E-state index contributed by atoms with van der Waals surface area (Å²) >= 11 is 0. The summed E-state index contributed by atoms with van der Waals surface area (Å²) in [6.07, 6.45) is 2.08. The van der Waals surface area contributed by atoms with Crippen LogP contribution in [0.2, 0.25) is 0 Å². The van der Waals surface area contributed by atoms with E-state index in [1.54, 1.807) is 30.5 Å². The minimum atomic E-state index is -3.75. The lowest BCUT2D eigenvalue weighted by Crippen LogP contribution is -2.34. The van der Waals surface area contributed by atoms with Crippen LogP contribution in [0.5, 0.6) is 0 Å². The second-order valence-electron chi connectivity index (χ2n) is 8.05. The van der Waals surface area contributed by atoms with Crippen LogP contribution in [0, 0.1) is 6.92 Å². The van der Waals surface area contributed by atoms with Crippen LogP contribution < -0.4 is 16.0 Å². The van der Waals surface area contributed by atoms with Gasteiger partial charge in [-0.25, -0.2) is 18.5 Å². The lowest BCUT2D eigenvalue weighted by molar-refractivity contribution is 0.0952. The van der Waals surface area contributed by atoms with Crippen molar-refractivity contribution in [3.63, 3.8) is 0 Å². The molecule has 0 saturated carbocycles. The maximum Gasteiger partial charge on any atom is 0.265 e. The Kier molecular flexibility index (Phi) is 6.58. The molecule has 0 radical (unpaired) electrons. The van der Waals surface area contributed by atoms with Crippen molar-refractivity contribution in [3.05, 3.63) is 106 Å². The molecule has 0 aliphatic heterocycles.